The number of esters is 3. The van der Waals surface area contributed by atoms with Crippen molar-refractivity contribution in [2.75, 3.05) is 6.61 Å². The standard InChI is InChI=1S/C29H42O8/c1-15-19-13-29-22(11-20(19)34-17(3)31)27(7)10-9-23(35-18(4)32)28(8,14-33-16(2)30)21(27)12-24(29)36-26(5,6)37-25(15)29/h19-25H,1,9-14H2,2-8H3/t19-,20+,21+,22+,23-,24+,25+,27-,28-,29-/m1/s1. The molecule has 0 radical (unpaired) electrons. The highest BCUT2D eigenvalue weighted by Gasteiger charge is 2.76. The normalized spacial score (nSPS) is 47.3. The second-order valence-electron chi connectivity index (χ2n) is 13.2. The number of rotatable bonds is 4. The van der Waals surface area contributed by atoms with E-state index < -0.39 is 11.2 Å². The number of carbonyl (C=O) groups is 3. The number of ether oxygens (including phenoxy) is 5. The van der Waals surface area contributed by atoms with Gasteiger partial charge in [0.25, 0.3) is 0 Å². The van der Waals surface area contributed by atoms with Crippen LogP contribution in [0.1, 0.15) is 80.6 Å². The number of hydrogen-bond acceptors (Lipinski definition) is 8. The third-order valence-electron chi connectivity index (χ3n) is 10.6. The minimum atomic E-state index is -0.799. The molecule has 1 spiro atoms. The Morgan fingerprint density at radius 3 is 2.24 bits per heavy atom. The lowest BCUT2D eigenvalue weighted by atomic mass is 9.39. The van der Waals surface area contributed by atoms with Crippen LogP contribution in [0.3, 0.4) is 0 Å². The summed E-state index contributed by atoms with van der Waals surface area (Å²) in [5.41, 5.74) is -0.0667. The fraction of sp³-hybridized carbons (Fsp3) is 0.828. The first-order valence-electron chi connectivity index (χ1n) is 13.7. The van der Waals surface area contributed by atoms with Gasteiger partial charge in [-0.25, -0.2) is 0 Å². The Morgan fingerprint density at radius 2 is 1.62 bits per heavy atom. The van der Waals surface area contributed by atoms with Crippen LogP contribution < -0.4 is 0 Å². The zero-order valence-electron chi connectivity index (χ0n) is 23.3. The first-order chi connectivity index (χ1) is 17.1. The Hall–Kier alpha value is -1.93. The molecule has 8 nitrogen and oxygen atoms in total. The lowest BCUT2D eigenvalue weighted by Gasteiger charge is -2.69. The summed E-state index contributed by atoms with van der Waals surface area (Å²) in [6, 6.07) is 0. The zero-order valence-corrected chi connectivity index (χ0v) is 23.3. The molecule has 10 atom stereocenters. The van der Waals surface area contributed by atoms with Crippen molar-refractivity contribution in [1.82, 2.24) is 0 Å². The summed E-state index contributed by atoms with van der Waals surface area (Å²) in [5.74, 6) is -1.57. The molecule has 4 aliphatic carbocycles. The summed E-state index contributed by atoms with van der Waals surface area (Å²) in [5, 5.41) is 0. The van der Waals surface area contributed by atoms with Gasteiger partial charge in [-0.15, -0.1) is 0 Å². The highest BCUT2D eigenvalue weighted by molar-refractivity contribution is 5.67. The minimum absolute atomic E-state index is 0.0371. The van der Waals surface area contributed by atoms with Gasteiger partial charge in [0.15, 0.2) is 5.79 Å². The monoisotopic (exact) mass is 518 g/mol. The van der Waals surface area contributed by atoms with Gasteiger partial charge in [0.2, 0.25) is 0 Å². The van der Waals surface area contributed by atoms with Crippen LogP contribution in [0.4, 0.5) is 0 Å². The van der Waals surface area contributed by atoms with E-state index in [1.54, 1.807) is 0 Å². The van der Waals surface area contributed by atoms with E-state index in [0.717, 1.165) is 24.8 Å². The van der Waals surface area contributed by atoms with Gasteiger partial charge in [0.05, 0.1) is 12.2 Å². The van der Waals surface area contributed by atoms with Crippen LogP contribution in [-0.4, -0.2) is 54.7 Å². The van der Waals surface area contributed by atoms with E-state index in [4.69, 9.17) is 23.7 Å². The van der Waals surface area contributed by atoms with E-state index in [2.05, 4.69) is 20.4 Å². The first-order valence-corrected chi connectivity index (χ1v) is 13.7. The molecule has 0 N–H and O–H groups in total. The van der Waals surface area contributed by atoms with Gasteiger partial charge in [-0.05, 0) is 68.8 Å². The van der Waals surface area contributed by atoms with E-state index in [0.29, 0.717) is 12.8 Å². The van der Waals surface area contributed by atoms with Crippen molar-refractivity contribution in [3.63, 3.8) is 0 Å². The van der Waals surface area contributed by atoms with Crippen LogP contribution in [-0.2, 0) is 38.1 Å². The van der Waals surface area contributed by atoms with Gasteiger partial charge in [-0.3, -0.25) is 14.4 Å². The fourth-order valence-corrected chi connectivity index (χ4v) is 9.38. The summed E-state index contributed by atoms with van der Waals surface area (Å²) >= 11 is 0. The second kappa shape index (κ2) is 8.54. The summed E-state index contributed by atoms with van der Waals surface area (Å²) in [6.45, 7) is 17.3. The average Bonchev–Trinajstić information content (AvgIpc) is 3.01. The number of carbonyl (C=O) groups excluding carboxylic acids is 3. The predicted molar refractivity (Wildman–Crippen MR) is 133 cm³/mol. The fourth-order valence-electron chi connectivity index (χ4n) is 9.38. The molecule has 1 heterocycles. The molecular formula is C29H42O8. The van der Waals surface area contributed by atoms with Gasteiger partial charge in [0, 0.05) is 37.5 Å². The Labute approximate surface area is 219 Å². The largest absolute Gasteiger partial charge is 0.465 e. The summed E-state index contributed by atoms with van der Waals surface area (Å²) in [6.07, 6.45) is 2.84. The molecule has 37 heavy (non-hydrogen) atoms. The maximum atomic E-state index is 12.1. The topological polar surface area (TPSA) is 97.4 Å². The lowest BCUT2D eigenvalue weighted by molar-refractivity contribution is -0.378. The van der Waals surface area contributed by atoms with Crippen molar-refractivity contribution in [3.8, 4) is 0 Å². The Bertz CT molecular complexity index is 1020. The van der Waals surface area contributed by atoms with E-state index in [1.165, 1.54) is 20.8 Å². The van der Waals surface area contributed by atoms with Crippen LogP contribution in [0.25, 0.3) is 0 Å². The van der Waals surface area contributed by atoms with Crippen molar-refractivity contribution in [2.45, 2.75) is 111 Å². The molecule has 206 valence electrons. The van der Waals surface area contributed by atoms with E-state index >= 15 is 0 Å². The minimum Gasteiger partial charge on any atom is -0.465 e. The van der Waals surface area contributed by atoms with Gasteiger partial charge in [-0.2, -0.15) is 0 Å². The molecule has 0 aromatic rings. The van der Waals surface area contributed by atoms with Crippen molar-refractivity contribution >= 4 is 17.9 Å². The summed E-state index contributed by atoms with van der Waals surface area (Å²) in [7, 11) is 0. The molecule has 1 saturated heterocycles. The molecule has 0 aromatic heterocycles. The SMILES string of the molecule is C=C1[C@H]2C[C@]34[C@H](C[C@@H]5[C@@](C)(COC(C)=O)[C@H](OC(C)=O)CC[C@@]5(C)[C@@H]3C[C@@H]2OC(C)=O)OC(C)(C)O[C@@H]14. The van der Waals surface area contributed by atoms with Crippen LogP contribution in [0.2, 0.25) is 0 Å². The molecule has 0 unspecified atom stereocenters. The number of fused-ring (bicyclic) bond motifs is 3. The molecule has 8 heteroatoms. The molecule has 5 fully saturated rings. The van der Waals surface area contributed by atoms with Gasteiger partial charge < -0.3 is 23.7 Å². The summed E-state index contributed by atoms with van der Waals surface area (Å²) < 4.78 is 30.8. The van der Waals surface area contributed by atoms with Crippen molar-refractivity contribution in [2.24, 2.45) is 34.0 Å². The molecule has 0 aromatic carbocycles. The lowest BCUT2D eigenvalue weighted by Crippen LogP contribution is -2.71. The third kappa shape index (κ3) is 3.88. The maximum absolute atomic E-state index is 12.1. The van der Waals surface area contributed by atoms with Crippen molar-refractivity contribution in [3.05, 3.63) is 12.2 Å². The third-order valence-corrected chi connectivity index (χ3v) is 10.6. The zero-order chi connectivity index (χ0) is 27.1. The van der Waals surface area contributed by atoms with E-state index in [9.17, 15) is 14.4 Å². The van der Waals surface area contributed by atoms with Crippen LogP contribution >= 0.6 is 0 Å². The Morgan fingerprint density at radius 1 is 0.946 bits per heavy atom. The quantitative estimate of drug-likeness (QED) is 0.308. The molecule has 2 bridgehead atoms. The average molecular weight is 519 g/mol. The van der Waals surface area contributed by atoms with E-state index in [1.807, 2.05) is 13.8 Å². The van der Waals surface area contributed by atoms with Crippen LogP contribution in [0.15, 0.2) is 12.2 Å². The number of hydrogen-bond donors (Lipinski definition) is 0. The van der Waals surface area contributed by atoms with Crippen LogP contribution in [0.5, 0.6) is 0 Å². The summed E-state index contributed by atoms with van der Waals surface area (Å²) in [4.78, 5) is 36.2. The van der Waals surface area contributed by atoms with E-state index in [-0.39, 0.29) is 77.5 Å². The van der Waals surface area contributed by atoms with Gasteiger partial charge in [-0.1, -0.05) is 20.4 Å². The van der Waals surface area contributed by atoms with Gasteiger partial charge in [0.1, 0.15) is 18.8 Å². The molecule has 0 amide bonds. The molecule has 5 rings (SSSR count). The molecule has 1 aliphatic heterocycles. The maximum Gasteiger partial charge on any atom is 0.302 e. The van der Waals surface area contributed by atoms with Crippen molar-refractivity contribution in [1.29, 1.82) is 0 Å². The Kier molecular flexibility index (Phi) is 6.15. The van der Waals surface area contributed by atoms with Gasteiger partial charge >= 0.3 is 17.9 Å². The molecular weight excluding hydrogens is 476 g/mol. The molecule has 4 saturated carbocycles. The first kappa shape index (κ1) is 26.7. The van der Waals surface area contributed by atoms with Crippen LogP contribution in [0, 0.1) is 34.0 Å². The molecule has 5 aliphatic rings. The highest BCUT2D eigenvalue weighted by Crippen LogP contribution is 2.75. The predicted octanol–water partition coefficient (Wildman–Crippen LogP) is 4.34. The van der Waals surface area contributed by atoms with Crippen molar-refractivity contribution < 1.29 is 38.1 Å². The smallest absolute Gasteiger partial charge is 0.302 e. The second-order valence-corrected chi connectivity index (χ2v) is 13.2. The Balaban J connectivity index is 1.63. The highest BCUT2D eigenvalue weighted by atomic mass is 16.7.